The van der Waals surface area contributed by atoms with E-state index in [1.54, 1.807) is 25.1 Å². The predicted octanol–water partition coefficient (Wildman–Crippen LogP) is 2.06. The Kier molecular flexibility index (Phi) is 6.56. The summed E-state index contributed by atoms with van der Waals surface area (Å²) in [6.45, 7) is 6.85. The van der Waals surface area contributed by atoms with E-state index in [1.165, 1.54) is 13.0 Å². The Morgan fingerprint density at radius 3 is 2.26 bits per heavy atom. The van der Waals surface area contributed by atoms with Crippen molar-refractivity contribution in [3.8, 4) is 0 Å². The quantitative estimate of drug-likeness (QED) is 0.643. The fourth-order valence-corrected chi connectivity index (χ4v) is 1.80. The number of amides is 3. The Bertz CT molecular complexity index is 586. The molecule has 0 aromatic heterocycles. The molecular weight excluding hydrogens is 298 g/mol. The Labute approximate surface area is 135 Å². The number of rotatable bonds is 6. The standard InChI is InChI=1S/C16H23N3O4/c1-9(2)17-16(23)19-13-7-5-6-12(8-13)14(20)18-11(4)10(3)15(21)22/h5-11H,1-4H3,(H,18,20)(H,21,22)(H2,17,19,23). The number of anilines is 1. The highest BCUT2D eigenvalue weighted by molar-refractivity contribution is 5.97. The van der Waals surface area contributed by atoms with Crippen LogP contribution in [0.5, 0.6) is 0 Å². The van der Waals surface area contributed by atoms with Crippen LogP contribution in [0.3, 0.4) is 0 Å². The summed E-state index contributed by atoms with van der Waals surface area (Å²) in [5.74, 6) is -2.06. The molecule has 0 aliphatic heterocycles. The van der Waals surface area contributed by atoms with E-state index in [0.717, 1.165) is 0 Å². The van der Waals surface area contributed by atoms with Crippen molar-refractivity contribution in [2.45, 2.75) is 39.8 Å². The van der Waals surface area contributed by atoms with Crippen LogP contribution in [0.2, 0.25) is 0 Å². The van der Waals surface area contributed by atoms with E-state index in [9.17, 15) is 14.4 Å². The van der Waals surface area contributed by atoms with Gasteiger partial charge in [-0.05, 0) is 45.9 Å². The van der Waals surface area contributed by atoms with Gasteiger partial charge in [0.2, 0.25) is 0 Å². The maximum Gasteiger partial charge on any atom is 0.319 e. The molecule has 0 saturated carbocycles. The first-order valence-corrected chi connectivity index (χ1v) is 7.42. The van der Waals surface area contributed by atoms with Crippen LogP contribution in [-0.4, -0.2) is 35.1 Å². The zero-order valence-corrected chi connectivity index (χ0v) is 13.7. The van der Waals surface area contributed by atoms with Gasteiger partial charge in [-0.2, -0.15) is 0 Å². The van der Waals surface area contributed by atoms with Gasteiger partial charge in [0.15, 0.2) is 0 Å². The maximum atomic E-state index is 12.2. The summed E-state index contributed by atoms with van der Waals surface area (Å²) in [5.41, 5.74) is 0.825. The molecule has 0 fully saturated rings. The fourth-order valence-electron chi connectivity index (χ4n) is 1.80. The molecule has 7 heteroatoms. The smallest absolute Gasteiger partial charge is 0.319 e. The fraction of sp³-hybridized carbons (Fsp3) is 0.438. The van der Waals surface area contributed by atoms with Gasteiger partial charge in [0.25, 0.3) is 5.91 Å². The van der Waals surface area contributed by atoms with Crippen LogP contribution >= 0.6 is 0 Å². The van der Waals surface area contributed by atoms with Gasteiger partial charge in [-0.15, -0.1) is 0 Å². The zero-order valence-electron chi connectivity index (χ0n) is 13.7. The van der Waals surface area contributed by atoms with Crippen LogP contribution in [0.1, 0.15) is 38.1 Å². The molecule has 1 aromatic rings. The van der Waals surface area contributed by atoms with Gasteiger partial charge in [-0.1, -0.05) is 6.07 Å². The van der Waals surface area contributed by atoms with E-state index in [2.05, 4.69) is 16.0 Å². The van der Waals surface area contributed by atoms with Gasteiger partial charge in [0.1, 0.15) is 0 Å². The molecule has 0 radical (unpaired) electrons. The van der Waals surface area contributed by atoms with Crippen molar-refractivity contribution < 1.29 is 19.5 Å². The normalized spacial score (nSPS) is 13.1. The van der Waals surface area contributed by atoms with Crippen LogP contribution in [0.25, 0.3) is 0 Å². The Morgan fingerprint density at radius 1 is 1.04 bits per heavy atom. The number of hydrogen-bond acceptors (Lipinski definition) is 3. The van der Waals surface area contributed by atoms with Crippen LogP contribution in [0.15, 0.2) is 24.3 Å². The van der Waals surface area contributed by atoms with E-state index < -0.39 is 23.8 Å². The number of hydrogen-bond donors (Lipinski definition) is 4. The molecule has 0 heterocycles. The average molecular weight is 321 g/mol. The van der Waals surface area contributed by atoms with Crippen molar-refractivity contribution in [2.24, 2.45) is 5.92 Å². The summed E-state index contributed by atoms with van der Waals surface area (Å²) in [6.07, 6.45) is 0. The predicted molar refractivity (Wildman–Crippen MR) is 87.5 cm³/mol. The lowest BCUT2D eigenvalue weighted by molar-refractivity contribution is -0.141. The Hall–Kier alpha value is -2.57. The minimum atomic E-state index is -0.974. The van der Waals surface area contributed by atoms with Gasteiger partial charge in [-0.25, -0.2) is 4.79 Å². The second-order valence-electron chi connectivity index (χ2n) is 5.72. The van der Waals surface area contributed by atoms with Crippen molar-refractivity contribution in [2.75, 3.05) is 5.32 Å². The van der Waals surface area contributed by atoms with Gasteiger partial charge in [-0.3, -0.25) is 9.59 Å². The summed E-state index contributed by atoms with van der Waals surface area (Å²) in [5, 5.41) is 16.9. The number of nitrogens with one attached hydrogen (secondary N) is 3. The third-order valence-electron chi connectivity index (χ3n) is 3.30. The summed E-state index contributed by atoms with van der Waals surface area (Å²) in [6, 6.07) is 5.57. The number of aliphatic carboxylic acids is 1. The van der Waals surface area contributed by atoms with Crippen LogP contribution in [0.4, 0.5) is 10.5 Å². The maximum absolute atomic E-state index is 12.2. The molecule has 7 nitrogen and oxygen atoms in total. The van der Waals surface area contributed by atoms with E-state index in [1.807, 2.05) is 13.8 Å². The molecule has 23 heavy (non-hydrogen) atoms. The number of carboxylic acids is 1. The van der Waals surface area contributed by atoms with E-state index in [4.69, 9.17) is 5.11 Å². The van der Waals surface area contributed by atoms with Crippen LogP contribution in [0, 0.1) is 5.92 Å². The number of urea groups is 1. The molecule has 0 spiro atoms. The van der Waals surface area contributed by atoms with Crippen molar-refractivity contribution in [3.63, 3.8) is 0 Å². The van der Waals surface area contributed by atoms with Crippen LogP contribution < -0.4 is 16.0 Å². The lowest BCUT2D eigenvalue weighted by Gasteiger charge is -2.18. The molecule has 126 valence electrons. The van der Waals surface area contributed by atoms with E-state index in [-0.39, 0.29) is 12.1 Å². The van der Waals surface area contributed by atoms with Crippen molar-refractivity contribution in [1.29, 1.82) is 0 Å². The van der Waals surface area contributed by atoms with Crippen molar-refractivity contribution in [3.05, 3.63) is 29.8 Å². The zero-order chi connectivity index (χ0) is 17.6. The van der Waals surface area contributed by atoms with Gasteiger partial charge in [0.05, 0.1) is 5.92 Å². The minimum absolute atomic E-state index is 0.000151. The van der Waals surface area contributed by atoms with Crippen molar-refractivity contribution in [1.82, 2.24) is 10.6 Å². The van der Waals surface area contributed by atoms with Crippen molar-refractivity contribution >= 4 is 23.6 Å². The Morgan fingerprint density at radius 2 is 1.70 bits per heavy atom. The van der Waals surface area contributed by atoms with Gasteiger partial charge in [0, 0.05) is 23.3 Å². The molecule has 2 atom stereocenters. The first-order valence-electron chi connectivity index (χ1n) is 7.42. The number of carbonyl (C=O) groups excluding carboxylic acids is 2. The van der Waals surface area contributed by atoms with E-state index >= 15 is 0 Å². The summed E-state index contributed by atoms with van der Waals surface area (Å²) >= 11 is 0. The first-order chi connectivity index (χ1) is 10.7. The lowest BCUT2D eigenvalue weighted by atomic mass is 10.0. The lowest BCUT2D eigenvalue weighted by Crippen LogP contribution is -2.40. The van der Waals surface area contributed by atoms with E-state index in [0.29, 0.717) is 11.3 Å². The third-order valence-corrected chi connectivity index (χ3v) is 3.30. The molecule has 4 N–H and O–H groups in total. The monoisotopic (exact) mass is 321 g/mol. The molecule has 0 aliphatic carbocycles. The van der Waals surface area contributed by atoms with Gasteiger partial charge < -0.3 is 21.1 Å². The molecule has 2 unspecified atom stereocenters. The second kappa shape index (κ2) is 8.17. The highest BCUT2D eigenvalue weighted by Gasteiger charge is 2.21. The molecule has 0 aliphatic rings. The van der Waals surface area contributed by atoms with Gasteiger partial charge >= 0.3 is 12.0 Å². The number of benzene rings is 1. The average Bonchev–Trinajstić information content (AvgIpc) is 2.45. The highest BCUT2D eigenvalue weighted by atomic mass is 16.4. The molecular formula is C16H23N3O4. The SMILES string of the molecule is CC(C)NC(=O)Nc1cccc(C(=O)NC(C)C(C)C(=O)O)c1. The molecule has 1 rings (SSSR count). The first kappa shape index (κ1) is 18.5. The number of carboxylic acid groups (broad SMARTS) is 1. The number of carbonyl (C=O) groups is 3. The molecule has 1 aromatic carbocycles. The topological polar surface area (TPSA) is 108 Å². The third kappa shape index (κ3) is 5.98. The molecule has 3 amide bonds. The Balaban J connectivity index is 2.74. The summed E-state index contributed by atoms with van der Waals surface area (Å²) in [7, 11) is 0. The summed E-state index contributed by atoms with van der Waals surface area (Å²) < 4.78 is 0. The highest BCUT2D eigenvalue weighted by Crippen LogP contribution is 2.12. The molecule has 0 bridgehead atoms. The molecule has 0 saturated heterocycles. The largest absolute Gasteiger partial charge is 0.481 e. The summed E-state index contributed by atoms with van der Waals surface area (Å²) in [4.78, 5) is 34.7. The van der Waals surface area contributed by atoms with Crippen LogP contribution in [-0.2, 0) is 4.79 Å². The second-order valence-corrected chi connectivity index (χ2v) is 5.72. The minimum Gasteiger partial charge on any atom is -0.481 e.